The molecule has 0 aliphatic rings. The Hall–Kier alpha value is -1.42. The molecule has 5 heteroatoms. The minimum atomic E-state index is -0.896. The van der Waals surface area contributed by atoms with E-state index in [0.717, 1.165) is 5.56 Å². The summed E-state index contributed by atoms with van der Waals surface area (Å²) in [6.45, 7) is 7.15. The number of carboxylic acids is 1. The van der Waals surface area contributed by atoms with Crippen LogP contribution in [0.15, 0.2) is 12.1 Å². The van der Waals surface area contributed by atoms with Gasteiger partial charge in [-0.05, 0) is 45.7 Å². The summed E-state index contributed by atoms with van der Waals surface area (Å²) in [5.41, 5.74) is -0.164. The summed E-state index contributed by atoms with van der Waals surface area (Å²) in [6, 6.07) is 3.42. The van der Waals surface area contributed by atoms with Gasteiger partial charge in [-0.1, -0.05) is 11.6 Å². The molecule has 0 bridgehead atoms. The van der Waals surface area contributed by atoms with E-state index in [2.05, 4.69) is 0 Å². The van der Waals surface area contributed by atoms with Crippen LogP contribution in [-0.2, 0) is 11.2 Å². The predicted molar refractivity (Wildman–Crippen MR) is 78.9 cm³/mol. The normalized spacial score (nSPS) is 11.6. The summed E-state index contributed by atoms with van der Waals surface area (Å²) in [6.07, 6.45) is 0.310. The minimum absolute atomic E-state index is 0.00888. The molecule has 1 N–H and O–H groups in total. The number of benzene rings is 1. The predicted octanol–water partition coefficient (Wildman–Crippen LogP) is 3.79. The molecule has 1 aromatic carbocycles. The molecule has 20 heavy (non-hydrogen) atoms. The number of methoxy groups -OCH3 is 1. The quantitative estimate of drug-likeness (QED) is 0.868. The molecule has 0 unspecified atom stereocenters. The van der Waals surface area contributed by atoms with Gasteiger partial charge in [0.05, 0.1) is 18.6 Å². The van der Waals surface area contributed by atoms with E-state index in [1.807, 2.05) is 13.8 Å². The number of ether oxygens (including phenoxy) is 2. The van der Waals surface area contributed by atoms with Crippen LogP contribution in [0.4, 0.5) is 0 Å². The Bertz CT molecular complexity index is 495. The molecule has 0 aliphatic carbocycles. The second-order valence-electron chi connectivity index (χ2n) is 5.63. The number of aliphatic carboxylic acids is 1. The van der Waals surface area contributed by atoms with Crippen LogP contribution >= 0.6 is 11.6 Å². The number of carboxylic acid groups (broad SMARTS) is 1. The molecule has 0 aromatic heterocycles. The van der Waals surface area contributed by atoms with Gasteiger partial charge < -0.3 is 14.6 Å². The van der Waals surface area contributed by atoms with Crippen molar-refractivity contribution in [3.8, 4) is 11.5 Å². The Morgan fingerprint density at radius 3 is 2.40 bits per heavy atom. The van der Waals surface area contributed by atoms with E-state index in [4.69, 9.17) is 21.1 Å². The van der Waals surface area contributed by atoms with E-state index < -0.39 is 11.4 Å². The summed E-state index contributed by atoms with van der Waals surface area (Å²) >= 11 is 6.20. The van der Waals surface area contributed by atoms with Gasteiger partial charge in [0.1, 0.15) is 0 Å². The average molecular weight is 301 g/mol. The van der Waals surface area contributed by atoms with E-state index in [0.29, 0.717) is 22.9 Å². The maximum Gasteiger partial charge on any atom is 0.309 e. The van der Waals surface area contributed by atoms with Gasteiger partial charge in [0, 0.05) is 11.1 Å². The number of carbonyl (C=O) groups is 1. The molecule has 0 heterocycles. The van der Waals surface area contributed by atoms with Crippen molar-refractivity contribution >= 4 is 17.6 Å². The fourth-order valence-corrected chi connectivity index (χ4v) is 1.99. The standard InChI is InChI=1S/C15H21ClO4/c1-9(2)20-13-6-10(8-15(3,4)14(17)18)11(16)7-12(13)19-5/h6-7,9H,8H2,1-5H3,(H,17,18). The van der Waals surface area contributed by atoms with E-state index in [1.165, 1.54) is 0 Å². The Morgan fingerprint density at radius 2 is 1.95 bits per heavy atom. The Labute approximate surface area is 124 Å². The van der Waals surface area contributed by atoms with Gasteiger partial charge in [0.15, 0.2) is 11.5 Å². The van der Waals surface area contributed by atoms with Crippen LogP contribution in [-0.4, -0.2) is 24.3 Å². The lowest BCUT2D eigenvalue weighted by Crippen LogP contribution is -2.26. The molecule has 0 radical (unpaired) electrons. The van der Waals surface area contributed by atoms with Crippen LogP contribution in [0.3, 0.4) is 0 Å². The van der Waals surface area contributed by atoms with Crippen LogP contribution in [0.5, 0.6) is 11.5 Å². The Balaban J connectivity index is 3.17. The summed E-state index contributed by atoms with van der Waals surface area (Å²) in [5, 5.41) is 9.69. The van der Waals surface area contributed by atoms with Crippen molar-refractivity contribution in [2.45, 2.75) is 40.2 Å². The van der Waals surface area contributed by atoms with Crippen LogP contribution in [0, 0.1) is 5.41 Å². The number of rotatable bonds is 6. The second kappa shape index (κ2) is 6.35. The van der Waals surface area contributed by atoms with Gasteiger partial charge >= 0.3 is 5.97 Å². The third-order valence-corrected chi connectivity index (χ3v) is 3.26. The summed E-state index contributed by atoms with van der Waals surface area (Å²) in [5.74, 6) is 0.249. The molecule has 0 fully saturated rings. The number of hydrogen-bond acceptors (Lipinski definition) is 3. The molecule has 112 valence electrons. The largest absolute Gasteiger partial charge is 0.493 e. The molecule has 0 saturated heterocycles. The van der Waals surface area contributed by atoms with Crippen molar-refractivity contribution in [3.63, 3.8) is 0 Å². The minimum Gasteiger partial charge on any atom is -0.493 e. The van der Waals surface area contributed by atoms with Gasteiger partial charge in [-0.2, -0.15) is 0 Å². The zero-order chi connectivity index (χ0) is 15.5. The molecule has 1 aromatic rings. The number of halogens is 1. The van der Waals surface area contributed by atoms with E-state index in [1.54, 1.807) is 33.1 Å². The zero-order valence-corrected chi connectivity index (χ0v) is 13.2. The fraction of sp³-hybridized carbons (Fsp3) is 0.533. The molecule has 0 spiro atoms. The first-order valence-corrected chi connectivity index (χ1v) is 6.81. The lowest BCUT2D eigenvalue weighted by atomic mass is 9.86. The highest BCUT2D eigenvalue weighted by molar-refractivity contribution is 6.31. The molecular formula is C15H21ClO4. The van der Waals surface area contributed by atoms with E-state index in [9.17, 15) is 9.90 Å². The van der Waals surface area contributed by atoms with Gasteiger partial charge in [0.25, 0.3) is 0 Å². The maximum atomic E-state index is 11.2. The van der Waals surface area contributed by atoms with Crippen molar-refractivity contribution < 1.29 is 19.4 Å². The Kier molecular flexibility index (Phi) is 5.28. The molecule has 0 amide bonds. The van der Waals surface area contributed by atoms with E-state index in [-0.39, 0.29) is 6.10 Å². The summed E-state index contributed by atoms with van der Waals surface area (Å²) in [4.78, 5) is 11.2. The highest BCUT2D eigenvalue weighted by Gasteiger charge is 2.29. The third kappa shape index (κ3) is 4.04. The SMILES string of the molecule is COc1cc(Cl)c(CC(C)(C)C(=O)O)cc1OC(C)C. The summed E-state index contributed by atoms with van der Waals surface area (Å²) in [7, 11) is 1.54. The average Bonchev–Trinajstić information content (AvgIpc) is 2.31. The first-order valence-electron chi connectivity index (χ1n) is 6.44. The fourth-order valence-electron chi connectivity index (χ4n) is 1.77. The van der Waals surface area contributed by atoms with Crippen LogP contribution in [0.1, 0.15) is 33.3 Å². The Morgan fingerprint density at radius 1 is 1.35 bits per heavy atom. The monoisotopic (exact) mass is 300 g/mol. The first kappa shape index (κ1) is 16.6. The molecule has 0 saturated carbocycles. The highest BCUT2D eigenvalue weighted by atomic mass is 35.5. The lowest BCUT2D eigenvalue weighted by molar-refractivity contribution is -0.146. The second-order valence-corrected chi connectivity index (χ2v) is 6.03. The highest BCUT2D eigenvalue weighted by Crippen LogP contribution is 2.36. The van der Waals surface area contributed by atoms with Gasteiger partial charge in [-0.15, -0.1) is 0 Å². The summed E-state index contributed by atoms with van der Waals surface area (Å²) < 4.78 is 10.9. The molecule has 0 aliphatic heterocycles. The zero-order valence-electron chi connectivity index (χ0n) is 12.5. The van der Waals surface area contributed by atoms with Crippen molar-refractivity contribution in [1.82, 2.24) is 0 Å². The molecule has 0 atom stereocenters. The van der Waals surface area contributed by atoms with Crippen molar-refractivity contribution in [1.29, 1.82) is 0 Å². The molecule has 1 rings (SSSR count). The van der Waals surface area contributed by atoms with Crippen LogP contribution < -0.4 is 9.47 Å². The van der Waals surface area contributed by atoms with Crippen LogP contribution in [0.25, 0.3) is 0 Å². The van der Waals surface area contributed by atoms with Crippen molar-refractivity contribution in [3.05, 3.63) is 22.7 Å². The van der Waals surface area contributed by atoms with Gasteiger partial charge in [-0.3, -0.25) is 4.79 Å². The molecular weight excluding hydrogens is 280 g/mol. The van der Waals surface area contributed by atoms with Crippen molar-refractivity contribution in [2.75, 3.05) is 7.11 Å². The lowest BCUT2D eigenvalue weighted by Gasteiger charge is -2.21. The first-order chi connectivity index (χ1) is 9.17. The maximum absolute atomic E-state index is 11.2. The van der Waals surface area contributed by atoms with Gasteiger partial charge in [0.2, 0.25) is 0 Å². The third-order valence-electron chi connectivity index (χ3n) is 2.91. The van der Waals surface area contributed by atoms with Crippen LogP contribution in [0.2, 0.25) is 5.02 Å². The topological polar surface area (TPSA) is 55.8 Å². The number of hydrogen-bond donors (Lipinski definition) is 1. The van der Waals surface area contributed by atoms with Gasteiger partial charge in [-0.25, -0.2) is 0 Å². The smallest absolute Gasteiger partial charge is 0.309 e. The molecule has 4 nitrogen and oxygen atoms in total. The van der Waals surface area contributed by atoms with Crippen molar-refractivity contribution in [2.24, 2.45) is 5.41 Å². The van der Waals surface area contributed by atoms with E-state index >= 15 is 0 Å².